The molecule has 1 aliphatic rings. The van der Waals surface area contributed by atoms with Crippen LogP contribution >= 0.6 is 45.5 Å². The smallest absolute Gasteiger partial charge is 0.142 e. The van der Waals surface area contributed by atoms with Gasteiger partial charge in [0.25, 0.3) is 0 Å². The minimum atomic E-state index is 0.353. The summed E-state index contributed by atoms with van der Waals surface area (Å²) in [5.41, 5.74) is 2.43. The maximum Gasteiger partial charge on any atom is 0.142 e. The Morgan fingerprint density at radius 2 is 2.29 bits per heavy atom. The summed E-state index contributed by atoms with van der Waals surface area (Å²) in [6.45, 7) is 2.65. The summed E-state index contributed by atoms with van der Waals surface area (Å²) >= 11 is 10.5. The van der Waals surface area contributed by atoms with Crippen LogP contribution in [0.3, 0.4) is 0 Å². The zero-order chi connectivity index (χ0) is 14.8. The monoisotopic (exact) mass is 433 g/mol. The van der Waals surface area contributed by atoms with Gasteiger partial charge in [0.1, 0.15) is 5.75 Å². The third kappa shape index (κ3) is 3.48. The molecule has 2 nitrogen and oxygen atoms in total. The fraction of sp³-hybridized carbons (Fsp3) is 0.375. The molecular weight excluding hydrogens is 417 g/mol. The van der Waals surface area contributed by atoms with Gasteiger partial charge in [-0.05, 0) is 78.6 Å². The molecule has 5 heteroatoms. The van der Waals surface area contributed by atoms with Gasteiger partial charge in [0.05, 0.1) is 21.2 Å². The van der Waals surface area contributed by atoms with Crippen molar-refractivity contribution in [1.29, 1.82) is 0 Å². The van der Waals surface area contributed by atoms with Gasteiger partial charge >= 0.3 is 0 Å². The standard InChI is InChI=1S/C16H17ClINOS/c1-2-20-14-7-6-10(17)8-13(14)19-12-4-3-5-15-11(12)9-16(18)21-15/h6-9,12,19H,2-5H2,1H3. The van der Waals surface area contributed by atoms with Crippen molar-refractivity contribution in [3.63, 3.8) is 0 Å². The molecule has 0 radical (unpaired) electrons. The summed E-state index contributed by atoms with van der Waals surface area (Å²) in [5, 5.41) is 4.37. The van der Waals surface area contributed by atoms with E-state index in [4.69, 9.17) is 16.3 Å². The Labute approximate surface area is 148 Å². The molecule has 1 heterocycles. The fourth-order valence-electron chi connectivity index (χ4n) is 2.76. The number of hydrogen-bond acceptors (Lipinski definition) is 3. The molecule has 1 aromatic heterocycles. The van der Waals surface area contributed by atoms with Crippen molar-refractivity contribution in [2.45, 2.75) is 32.2 Å². The van der Waals surface area contributed by atoms with E-state index in [1.807, 2.05) is 36.5 Å². The van der Waals surface area contributed by atoms with Crippen LogP contribution in [0.25, 0.3) is 0 Å². The van der Waals surface area contributed by atoms with Crippen LogP contribution in [0, 0.1) is 2.88 Å². The van der Waals surface area contributed by atoms with Crippen LogP contribution < -0.4 is 10.1 Å². The highest BCUT2D eigenvalue weighted by molar-refractivity contribution is 14.1. The van der Waals surface area contributed by atoms with E-state index in [1.54, 1.807) is 0 Å². The predicted molar refractivity (Wildman–Crippen MR) is 99.0 cm³/mol. The number of halogens is 2. The average molecular weight is 434 g/mol. The van der Waals surface area contributed by atoms with Crippen LogP contribution in [0.5, 0.6) is 5.75 Å². The molecule has 1 aliphatic carbocycles. The van der Waals surface area contributed by atoms with Crippen molar-refractivity contribution >= 4 is 51.2 Å². The first-order valence-electron chi connectivity index (χ1n) is 7.14. The van der Waals surface area contributed by atoms with Gasteiger partial charge in [0.2, 0.25) is 0 Å². The first-order valence-corrected chi connectivity index (χ1v) is 9.41. The van der Waals surface area contributed by atoms with E-state index in [9.17, 15) is 0 Å². The van der Waals surface area contributed by atoms with E-state index in [2.05, 4.69) is 34.0 Å². The van der Waals surface area contributed by atoms with Crippen molar-refractivity contribution in [2.24, 2.45) is 0 Å². The van der Waals surface area contributed by atoms with Gasteiger partial charge in [-0.15, -0.1) is 11.3 Å². The number of nitrogens with one attached hydrogen (secondary N) is 1. The summed E-state index contributed by atoms with van der Waals surface area (Å²) in [6, 6.07) is 8.43. The number of benzene rings is 1. The van der Waals surface area contributed by atoms with E-state index in [1.165, 1.54) is 26.2 Å². The minimum absolute atomic E-state index is 0.353. The zero-order valence-corrected chi connectivity index (χ0v) is 15.5. The second-order valence-corrected chi connectivity index (χ2v) is 8.56. The molecule has 0 amide bonds. The molecule has 0 saturated heterocycles. The number of rotatable bonds is 4. The van der Waals surface area contributed by atoms with Crippen LogP contribution in [0.4, 0.5) is 5.69 Å². The van der Waals surface area contributed by atoms with Crippen LogP contribution in [0.1, 0.15) is 36.2 Å². The van der Waals surface area contributed by atoms with E-state index < -0.39 is 0 Å². The SMILES string of the molecule is CCOc1ccc(Cl)cc1NC1CCCc2sc(I)cc21. The lowest BCUT2D eigenvalue weighted by atomic mass is 9.94. The average Bonchev–Trinajstić information content (AvgIpc) is 2.83. The lowest BCUT2D eigenvalue weighted by Gasteiger charge is -2.25. The summed E-state index contributed by atoms with van der Waals surface area (Å²) < 4.78 is 7.07. The Hall–Kier alpha value is -0.460. The highest BCUT2D eigenvalue weighted by Crippen LogP contribution is 2.40. The Morgan fingerprint density at radius 1 is 1.43 bits per heavy atom. The van der Waals surface area contributed by atoms with Crippen molar-refractivity contribution in [2.75, 3.05) is 11.9 Å². The van der Waals surface area contributed by atoms with Crippen LogP contribution in [0.2, 0.25) is 5.02 Å². The Balaban J connectivity index is 1.89. The lowest BCUT2D eigenvalue weighted by molar-refractivity contribution is 0.341. The summed E-state index contributed by atoms with van der Waals surface area (Å²) in [6.07, 6.45) is 3.58. The van der Waals surface area contributed by atoms with Gasteiger partial charge in [0.15, 0.2) is 0 Å². The third-order valence-corrected chi connectivity index (χ3v) is 5.86. The maximum absolute atomic E-state index is 6.14. The Kier molecular flexibility index (Phi) is 4.96. The fourth-order valence-corrected chi connectivity index (χ4v) is 5.05. The van der Waals surface area contributed by atoms with Gasteiger partial charge in [-0.1, -0.05) is 11.6 Å². The summed E-state index contributed by atoms with van der Waals surface area (Å²) in [7, 11) is 0. The largest absolute Gasteiger partial charge is 0.492 e. The summed E-state index contributed by atoms with van der Waals surface area (Å²) in [4.78, 5) is 1.52. The van der Waals surface area contributed by atoms with Crippen LogP contribution in [-0.4, -0.2) is 6.61 Å². The Bertz CT molecular complexity index is 643. The predicted octanol–water partition coefficient (Wildman–Crippen LogP) is 5.89. The second kappa shape index (κ2) is 6.75. The summed E-state index contributed by atoms with van der Waals surface area (Å²) in [5.74, 6) is 0.874. The molecule has 0 saturated carbocycles. The van der Waals surface area contributed by atoms with Gasteiger partial charge in [-0.25, -0.2) is 0 Å². The molecule has 0 fully saturated rings. The number of hydrogen-bond donors (Lipinski definition) is 1. The maximum atomic E-state index is 6.14. The molecule has 1 N–H and O–H groups in total. The number of ether oxygens (including phenoxy) is 1. The topological polar surface area (TPSA) is 21.3 Å². The molecule has 0 bridgehead atoms. The van der Waals surface area contributed by atoms with Gasteiger partial charge in [-0.3, -0.25) is 0 Å². The van der Waals surface area contributed by atoms with Crippen molar-refractivity contribution in [1.82, 2.24) is 0 Å². The first-order chi connectivity index (χ1) is 10.2. The molecule has 1 aromatic carbocycles. The molecule has 1 atom stereocenters. The second-order valence-electron chi connectivity index (χ2n) is 5.09. The number of aryl methyl sites for hydroxylation is 1. The molecule has 21 heavy (non-hydrogen) atoms. The minimum Gasteiger partial charge on any atom is -0.492 e. The highest BCUT2D eigenvalue weighted by Gasteiger charge is 2.23. The van der Waals surface area contributed by atoms with E-state index in [-0.39, 0.29) is 0 Å². The number of fused-ring (bicyclic) bond motifs is 1. The first kappa shape index (κ1) is 15.4. The molecule has 112 valence electrons. The van der Waals surface area contributed by atoms with E-state index in [0.717, 1.165) is 22.9 Å². The lowest BCUT2D eigenvalue weighted by Crippen LogP contribution is -2.16. The molecule has 0 aliphatic heterocycles. The normalized spacial score (nSPS) is 17.4. The van der Waals surface area contributed by atoms with Crippen molar-refractivity contribution in [3.05, 3.63) is 42.6 Å². The molecule has 3 rings (SSSR count). The molecule has 1 unspecified atom stereocenters. The van der Waals surface area contributed by atoms with Gasteiger partial charge in [-0.2, -0.15) is 0 Å². The highest BCUT2D eigenvalue weighted by atomic mass is 127. The van der Waals surface area contributed by atoms with Gasteiger partial charge < -0.3 is 10.1 Å². The zero-order valence-electron chi connectivity index (χ0n) is 11.8. The van der Waals surface area contributed by atoms with Crippen molar-refractivity contribution < 1.29 is 4.74 Å². The van der Waals surface area contributed by atoms with Crippen LogP contribution in [-0.2, 0) is 6.42 Å². The number of thiophene rings is 1. The quantitative estimate of drug-likeness (QED) is 0.607. The van der Waals surface area contributed by atoms with Gasteiger partial charge in [0, 0.05) is 9.90 Å². The molecular formula is C16H17ClINOS. The number of anilines is 1. The Morgan fingerprint density at radius 3 is 3.10 bits per heavy atom. The third-order valence-electron chi connectivity index (χ3n) is 3.65. The molecule has 0 spiro atoms. The van der Waals surface area contributed by atoms with Crippen LogP contribution in [0.15, 0.2) is 24.3 Å². The molecule has 2 aromatic rings. The van der Waals surface area contributed by atoms with E-state index in [0.29, 0.717) is 12.6 Å². The van der Waals surface area contributed by atoms with E-state index >= 15 is 0 Å². The van der Waals surface area contributed by atoms with Crippen molar-refractivity contribution in [3.8, 4) is 5.75 Å².